The van der Waals surface area contributed by atoms with Gasteiger partial charge in [-0.1, -0.05) is 44.1 Å². The molecule has 32 heavy (non-hydrogen) atoms. The van der Waals surface area contributed by atoms with E-state index in [-0.39, 0.29) is 6.04 Å². The molecule has 172 valence electrons. The third kappa shape index (κ3) is 5.69. The average Bonchev–Trinajstić information content (AvgIpc) is 2.85. The molecule has 2 aliphatic heterocycles. The van der Waals surface area contributed by atoms with Gasteiger partial charge in [0, 0.05) is 43.3 Å². The highest BCUT2D eigenvalue weighted by Gasteiger charge is 2.29. The topological polar surface area (TPSA) is 66.0 Å². The minimum atomic E-state index is -0.0317. The zero-order chi connectivity index (χ0) is 22.3. The van der Waals surface area contributed by atoms with Gasteiger partial charge < -0.3 is 16.0 Å². The number of hydrogen-bond donors (Lipinski definition) is 2. The van der Waals surface area contributed by atoms with Crippen LogP contribution in [0.25, 0.3) is 0 Å². The van der Waals surface area contributed by atoms with E-state index in [4.69, 9.17) is 10.7 Å². The number of anilines is 1. The summed E-state index contributed by atoms with van der Waals surface area (Å²) in [6.07, 6.45) is 15.6. The van der Waals surface area contributed by atoms with Gasteiger partial charge in [-0.3, -0.25) is 9.98 Å². The molecule has 3 N–H and O–H groups in total. The van der Waals surface area contributed by atoms with Crippen molar-refractivity contribution in [1.29, 1.82) is 0 Å². The first-order valence-electron chi connectivity index (χ1n) is 12.4. The van der Waals surface area contributed by atoms with Crippen LogP contribution in [0, 0.1) is 5.92 Å². The molecule has 1 saturated carbocycles. The Balaban J connectivity index is 1.27. The third-order valence-corrected chi connectivity index (χ3v) is 7.41. The monoisotopic (exact) mass is 433 g/mol. The average molecular weight is 434 g/mol. The summed E-state index contributed by atoms with van der Waals surface area (Å²) in [5, 5.41) is 3.50. The molecule has 0 spiro atoms. The van der Waals surface area contributed by atoms with E-state index in [9.17, 15) is 0 Å². The summed E-state index contributed by atoms with van der Waals surface area (Å²) in [5.74, 6) is 0.837. The zero-order valence-electron chi connectivity index (χ0n) is 19.5. The van der Waals surface area contributed by atoms with E-state index in [2.05, 4.69) is 28.7 Å². The number of para-hydroxylation sites is 2. The number of benzene rings is 1. The molecule has 5 nitrogen and oxygen atoms in total. The molecule has 3 aliphatic rings. The number of likely N-dealkylation sites (tertiary alicyclic amines) is 1. The molecule has 0 bridgehead atoms. The van der Waals surface area contributed by atoms with E-state index in [0.29, 0.717) is 6.04 Å². The van der Waals surface area contributed by atoms with E-state index in [0.717, 1.165) is 61.3 Å². The standard InChI is InChI=1S/C27H39N5/c1-3-20(2)15-21-7-6-8-24(16-21)32-13-11-23(12-14-32)29-18-22(17-28)27-19-30-25-9-4-5-10-26(25)31-27/h4-5,9-10,17-19,21,23-24,27,31H,2-3,6-8,11-16,28H2,1H3. The van der Waals surface area contributed by atoms with E-state index in [1.165, 1.54) is 37.7 Å². The summed E-state index contributed by atoms with van der Waals surface area (Å²) in [6, 6.07) is 9.19. The highest BCUT2D eigenvalue weighted by Crippen LogP contribution is 2.33. The molecule has 4 rings (SSSR count). The fraction of sp³-hybridized carbons (Fsp3) is 0.556. The number of fused-ring (bicyclic) bond motifs is 1. The van der Waals surface area contributed by atoms with Crippen LogP contribution in [0.3, 0.4) is 0 Å². The first-order chi connectivity index (χ1) is 15.7. The van der Waals surface area contributed by atoms with Gasteiger partial charge in [-0.05, 0) is 56.6 Å². The lowest BCUT2D eigenvalue weighted by molar-refractivity contribution is 0.103. The Labute approximate surface area is 193 Å². The molecule has 1 aromatic rings. The van der Waals surface area contributed by atoms with Crippen molar-refractivity contribution >= 4 is 23.8 Å². The Morgan fingerprint density at radius 1 is 1.25 bits per heavy atom. The highest BCUT2D eigenvalue weighted by molar-refractivity contribution is 5.94. The van der Waals surface area contributed by atoms with Gasteiger partial charge in [0.05, 0.1) is 23.5 Å². The van der Waals surface area contributed by atoms with E-state index in [1.54, 1.807) is 6.20 Å². The number of nitrogens with two attached hydrogens (primary N) is 1. The quantitative estimate of drug-likeness (QED) is 0.442. The molecule has 5 heteroatoms. The summed E-state index contributed by atoms with van der Waals surface area (Å²) in [6.45, 7) is 8.80. The van der Waals surface area contributed by atoms with Crippen molar-refractivity contribution in [3.63, 3.8) is 0 Å². The highest BCUT2D eigenvalue weighted by atomic mass is 15.2. The lowest BCUT2D eigenvalue weighted by Gasteiger charge is -2.41. The molecule has 3 atom stereocenters. The number of nitrogens with zero attached hydrogens (tertiary/aromatic N) is 3. The van der Waals surface area contributed by atoms with Crippen molar-refractivity contribution in [2.24, 2.45) is 21.6 Å². The van der Waals surface area contributed by atoms with E-state index >= 15 is 0 Å². The Bertz CT molecular complexity index is 863. The molecule has 1 aromatic carbocycles. The first-order valence-corrected chi connectivity index (χ1v) is 12.4. The van der Waals surface area contributed by atoms with Crippen molar-refractivity contribution < 1.29 is 0 Å². The second kappa shape index (κ2) is 11.0. The maximum absolute atomic E-state index is 5.95. The number of rotatable bonds is 7. The summed E-state index contributed by atoms with van der Waals surface area (Å²) in [5.41, 5.74) is 10.3. The summed E-state index contributed by atoms with van der Waals surface area (Å²) in [7, 11) is 0. The molecule has 2 heterocycles. The molecule has 1 aliphatic carbocycles. The van der Waals surface area contributed by atoms with Crippen LogP contribution in [0.4, 0.5) is 11.4 Å². The van der Waals surface area contributed by atoms with Crippen LogP contribution >= 0.6 is 0 Å². The Kier molecular flexibility index (Phi) is 7.80. The number of nitrogens with one attached hydrogen (secondary N) is 1. The second-order valence-corrected chi connectivity index (χ2v) is 9.62. The van der Waals surface area contributed by atoms with Crippen molar-refractivity contribution in [1.82, 2.24) is 4.90 Å². The Morgan fingerprint density at radius 2 is 2.06 bits per heavy atom. The number of aliphatic imine (C=N–C) groups is 2. The van der Waals surface area contributed by atoms with Crippen LogP contribution in [0.1, 0.15) is 58.3 Å². The molecule has 0 radical (unpaired) electrons. The van der Waals surface area contributed by atoms with Gasteiger partial charge in [0.15, 0.2) is 0 Å². The number of allylic oxidation sites excluding steroid dienone is 1. The normalized spacial score (nSPS) is 27.3. The first kappa shape index (κ1) is 22.8. The van der Waals surface area contributed by atoms with Crippen LogP contribution in [0.15, 0.2) is 58.2 Å². The van der Waals surface area contributed by atoms with E-state index < -0.39 is 0 Å². The Morgan fingerprint density at radius 3 is 2.84 bits per heavy atom. The predicted molar refractivity (Wildman–Crippen MR) is 137 cm³/mol. The van der Waals surface area contributed by atoms with Crippen molar-refractivity contribution in [3.05, 3.63) is 48.2 Å². The van der Waals surface area contributed by atoms with Crippen molar-refractivity contribution in [3.8, 4) is 0 Å². The largest absolute Gasteiger partial charge is 0.404 e. The van der Waals surface area contributed by atoms with Gasteiger partial charge in [0.1, 0.15) is 0 Å². The van der Waals surface area contributed by atoms with Crippen molar-refractivity contribution in [2.75, 3.05) is 18.4 Å². The summed E-state index contributed by atoms with van der Waals surface area (Å²) >= 11 is 0. The minimum Gasteiger partial charge on any atom is -0.404 e. The fourth-order valence-electron chi connectivity index (χ4n) is 5.39. The summed E-state index contributed by atoms with van der Waals surface area (Å²) < 4.78 is 0. The van der Waals surface area contributed by atoms with Gasteiger partial charge in [0.2, 0.25) is 0 Å². The van der Waals surface area contributed by atoms with Gasteiger partial charge >= 0.3 is 0 Å². The molecule has 1 saturated heterocycles. The fourth-order valence-corrected chi connectivity index (χ4v) is 5.39. The van der Waals surface area contributed by atoms with Crippen molar-refractivity contribution in [2.45, 2.75) is 76.4 Å². The zero-order valence-corrected chi connectivity index (χ0v) is 19.5. The molecule has 0 aromatic heterocycles. The number of hydrogen-bond acceptors (Lipinski definition) is 5. The lowest BCUT2D eigenvalue weighted by atomic mass is 9.80. The SMILES string of the molecule is C=C(CC)CC1CCCC(N2CCC(N=CC(=CN)C3C=Nc4ccccc4N3)CC2)C1. The molecular formula is C27H39N5. The van der Waals surface area contributed by atoms with Crippen LogP contribution in [-0.4, -0.2) is 48.5 Å². The molecule has 2 fully saturated rings. The van der Waals surface area contributed by atoms with Gasteiger partial charge in [-0.2, -0.15) is 0 Å². The molecule has 0 amide bonds. The van der Waals surface area contributed by atoms with Gasteiger partial charge in [-0.25, -0.2) is 0 Å². The third-order valence-electron chi connectivity index (χ3n) is 7.41. The summed E-state index contributed by atoms with van der Waals surface area (Å²) in [4.78, 5) is 12.2. The van der Waals surface area contributed by atoms with Crippen LogP contribution < -0.4 is 11.1 Å². The number of piperidine rings is 1. The second-order valence-electron chi connectivity index (χ2n) is 9.62. The van der Waals surface area contributed by atoms with Crippen LogP contribution in [0.2, 0.25) is 0 Å². The molecular weight excluding hydrogens is 394 g/mol. The maximum atomic E-state index is 5.95. The minimum absolute atomic E-state index is 0.0317. The maximum Gasteiger partial charge on any atom is 0.0899 e. The van der Waals surface area contributed by atoms with Gasteiger partial charge in [0.25, 0.3) is 0 Å². The lowest BCUT2D eigenvalue weighted by Crippen LogP contribution is -2.44. The Hall–Kier alpha value is -2.40. The van der Waals surface area contributed by atoms with E-state index in [1.807, 2.05) is 36.7 Å². The van der Waals surface area contributed by atoms with Crippen LogP contribution in [-0.2, 0) is 0 Å². The smallest absolute Gasteiger partial charge is 0.0899 e. The molecule has 3 unspecified atom stereocenters. The van der Waals surface area contributed by atoms with Gasteiger partial charge in [-0.15, -0.1) is 0 Å². The van der Waals surface area contributed by atoms with Crippen LogP contribution in [0.5, 0.6) is 0 Å². The predicted octanol–water partition coefficient (Wildman–Crippen LogP) is 5.48.